The molecule has 21 heavy (non-hydrogen) atoms. The first-order chi connectivity index (χ1) is 10.1. The summed E-state index contributed by atoms with van der Waals surface area (Å²) in [6.45, 7) is 3.92. The van der Waals surface area contributed by atoms with E-state index in [1.165, 1.54) is 11.5 Å². The molecule has 0 aromatic carbocycles. The number of rotatable bonds is 2. The maximum atomic E-state index is 11.6. The van der Waals surface area contributed by atoms with E-state index in [0.717, 1.165) is 51.7 Å². The van der Waals surface area contributed by atoms with Crippen molar-refractivity contribution in [2.24, 2.45) is 5.92 Å². The molecular formula is C16H27NO3S. The predicted molar refractivity (Wildman–Crippen MR) is 84.8 cm³/mol. The zero-order chi connectivity index (χ0) is 14.9. The summed E-state index contributed by atoms with van der Waals surface area (Å²) in [4.78, 5) is 13.9. The topological polar surface area (TPSA) is 49.8 Å². The van der Waals surface area contributed by atoms with Gasteiger partial charge in [-0.3, -0.25) is 9.69 Å². The number of ether oxygens (including phenoxy) is 1. The summed E-state index contributed by atoms with van der Waals surface area (Å²) in [6.07, 6.45) is 6.23. The van der Waals surface area contributed by atoms with Gasteiger partial charge in [0.05, 0.1) is 5.60 Å². The minimum atomic E-state index is -0.638. The lowest BCUT2D eigenvalue weighted by molar-refractivity contribution is -0.153. The van der Waals surface area contributed by atoms with Crippen LogP contribution in [0.15, 0.2) is 0 Å². The molecule has 3 heterocycles. The van der Waals surface area contributed by atoms with Gasteiger partial charge in [0, 0.05) is 12.6 Å². The van der Waals surface area contributed by atoms with Crippen molar-refractivity contribution in [2.75, 3.05) is 24.7 Å². The zero-order valence-corrected chi connectivity index (χ0v) is 13.7. The third-order valence-corrected chi connectivity index (χ3v) is 6.52. The Kier molecular flexibility index (Phi) is 4.81. The van der Waals surface area contributed by atoms with Gasteiger partial charge >= 0.3 is 5.97 Å². The molecular weight excluding hydrogens is 286 g/mol. The van der Waals surface area contributed by atoms with Gasteiger partial charge in [-0.1, -0.05) is 6.92 Å². The van der Waals surface area contributed by atoms with Crippen LogP contribution in [-0.4, -0.2) is 58.3 Å². The van der Waals surface area contributed by atoms with Crippen LogP contribution in [-0.2, 0) is 9.53 Å². The lowest BCUT2D eigenvalue weighted by Crippen LogP contribution is -2.57. The van der Waals surface area contributed by atoms with E-state index in [4.69, 9.17) is 4.74 Å². The highest BCUT2D eigenvalue weighted by molar-refractivity contribution is 7.99. The molecule has 4 nitrogen and oxygen atoms in total. The first kappa shape index (κ1) is 15.6. The van der Waals surface area contributed by atoms with Crippen molar-refractivity contribution in [2.45, 2.75) is 63.1 Å². The summed E-state index contributed by atoms with van der Waals surface area (Å²) in [6, 6.07) is 0.113. The second-order valence-electron chi connectivity index (χ2n) is 7.01. The fraction of sp³-hybridized carbons (Fsp3) is 0.938. The molecule has 3 atom stereocenters. The van der Waals surface area contributed by atoms with E-state index < -0.39 is 5.97 Å². The molecule has 0 saturated carbocycles. The van der Waals surface area contributed by atoms with Crippen molar-refractivity contribution < 1.29 is 14.6 Å². The molecule has 1 spiro atoms. The number of likely N-dealkylation sites (tertiary alicyclic amines) is 1. The normalized spacial score (nSPS) is 37.5. The number of hydrogen-bond donors (Lipinski definition) is 1. The average molecular weight is 313 g/mol. The van der Waals surface area contributed by atoms with E-state index in [1.54, 1.807) is 0 Å². The van der Waals surface area contributed by atoms with Crippen LogP contribution in [0.1, 0.15) is 45.4 Å². The third kappa shape index (κ3) is 3.40. The number of carboxylic acid groups (broad SMARTS) is 1. The highest BCUT2D eigenvalue weighted by Gasteiger charge is 2.44. The van der Waals surface area contributed by atoms with Crippen LogP contribution in [0.3, 0.4) is 0 Å². The summed E-state index contributed by atoms with van der Waals surface area (Å²) in [7, 11) is 0. The van der Waals surface area contributed by atoms with Crippen molar-refractivity contribution in [3.63, 3.8) is 0 Å². The van der Waals surface area contributed by atoms with Crippen LogP contribution in [0.5, 0.6) is 0 Å². The summed E-state index contributed by atoms with van der Waals surface area (Å²) in [5.41, 5.74) is 0.0419. The molecule has 3 fully saturated rings. The molecule has 3 aliphatic rings. The average Bonchev–Trinajstić information content (AvgIpc) is 2.48. The van der Waals surface area contributed by atoms with Gasteiger partial charge in [0.2, 0.25) is 0 Å². The van der Waals surface area contributed by atoms with Crippen molar-refractivity contribution in [3.8, 4) is 0 Å². The fourth-order valence-electron chi connectivity index (χ4n) is 4.22. The fourth-order valence-corrected chi connectivity index (χ4v) is 5.45. The second-order valence-corrected chi connectivity index (χ2v) is 8.24. The van der Waals surface area contributed by atoms with Crippen molar-refractivity contribution in [1.29, 1.82) is 0 Å². The number of thioether (sulfide) groups is 1. The molecule has 0 aromatic heterocycles. The number of piperidine rings is 1. The first-order valence-corrected chi connectivity index (χ1v) is 9.45. The predicted octanol–water partition coefficient (Wildman–Crippen LogP) is 2.62. The molecule has 0 aromatic rings. The van der Waals surface area contributed by atoms with Gasteiger partial charge in [-0.2, -0.15) is 11.8 Å². The molecule has 3 rings (SSSR count). The monoisotopic (exact) mass is 313 g/mol. The molecule has 3 unspecified atom stereocenters. The number of hydrogen-bond acceptors (Lipinski definition) is 4. The van der Waals surface area contributed by atoms with E-state index in [1.807, 2.05) is 11.8 Å². The Bertz CT molecular complexity index is 378. The van der Waals surface area contributed by atoms with Crippen LogP contribution in [0.4, 0.5) is 0 Å². The summed E-state index contributed by atoms with van der Waals surface area (Å²) >= 11 is 2.02. The van der Waals surface area contributed by atoms with Gasteiger partial charge in [0.1, 0.15) is 6.04 Å². The lowest BCUT2D eigenvalue weighted by atomic mass is 9.82. The molecule has 0 radical (unpaired) electrons. The number of carboxylic acids is 1. The van der Waals surface area contributed by atoms with Gasteiger partial charge in [0.25, 0.3) is 0 Å². The summed E-state index contributed by atoms with van der Waals surface area (Å²) in [5, 5.41) is 9.58. The van der Waals surface area contributed by atoms with Crippen LogP contribution >= 0.6 is 11.8 Å². The second kappa shape index (κ2) is 6.47. The van der Waals surface area contributed by atoms with E-state index in [0.29, 0.717) is 12.0 Å². The summed E-state index contributed by atoms with van der Waals surface area (Å²) < 4.78 is 6.16. The Labute approximate surface area is 131 Å². The van der Waals surface area contributed by atoms with Gasteiger partial charge < -0.3 is 9.84 Å². The Morgan fingerprint density at radius 1 is 1.33 bits per heavy atom. The van der Waals surface area contributed by atoms with Gasteiger partial charge in [0.15, 0.2) is 0 Å². The minimum Gasteiger partial charge on any atom is -0.480 e. The Morgan fingerprint density at radius 2 is 2.10 bits per heavy atom. The first-order valence-electron chi connectivity index (χ1n) is 8.30. The molecule has 3 saturated heterocycles. The van der Waals surface area contributed by atoms with Gasteiger partial charge in [-0.25, -0.2) is 0 Å². The van der Waals surface area contributed by atoms with Crippen LogP contribution in [0.25, 0.3) is 0 Å². The third-order valence-electron chi connectivity index (χ3n) is 5.53. The largest absolute Gasteiger partial charge is 0.480 e. The molecule has 0 amide bonds. The van der Waals surface area contributed by atoms with Gasteiger partial charge in [-0.05, 0) is 62.5 Å². The van der Waals surface area contributed by atoms with Crippen LogP contribution < -0.4 is 0 Å². The van der Waals surface area contributed by atoms with Gasteiger partial charge in [-0.15, -0.1) is 0 Å². The Morgan fingerprint density at radius 3 is 2.81 bits per heavy atom. The standard InChI is InChI=1S/C16H27NO3S/c1-12-2-6-17(14(10-12)15(18)19)13-3-7-20-16(11-13)4-8-21-9-5-16/h12-14H,2-11H2,1H3,(H,18,19). The smallest absolute Gasteiger partial charge is 0.320 e. The van der Waals surface area contributed by atoms with Crippen molar-refractivity contribution in [1.82, 2.24) is 4.90 Å². The molecule has 1 N–H and O–H groups in total. The van der Waals surface area contributed by atoms with Crippen molar-refractivity contribution >= 4 is 17.7 Å². The van der Waals surface area contributed by atoms with Crippen LogP contribution in [0, 0.1) is 5.92 Å². The minimum absolute atomic E-state index is 0.0419. The summed E-state index contributed by atoms with van der Waals surface area (Å²) in [5.74, 6) is 2.27. The number of nitrogens with zero attached hydrogens (tertiary/aromatic N) is 1. The molecule has 0 bridgehead atoms. The highest BCUT2D eigenvalue weighted by atomic mass is 32.2. The maximum Gasteiger partial charge on any atom is 0.320 e. The zero-order valence-electron chi connectivity index (χ0n) is 12.9. The molecule has 120 valence electrons. The van der Waals surface area contributed by atoms with E-state index in [-0.39, 0.29) is 11.6 Å². The molecule has 5 heteroatoms. The lowest BCUT2D eigenvalue weighted by Gasteiger charge is -2.49. The number of aliphatic carboxylic acids is 1. The SMILES string of the molecule is CC1CCN(C2CCOC3(CCSCC3)C2)C(C(=O)O)C1. The Hall–Kier alpha value is -0.260. The number of carbonyl (C=O) groups is 1. The molecule has 3 aliphatic heterocycles. The highest BCUT2D eigenvalue weighted by Crippen LogP contribution is 2.40. The van der Waals surface area contributed by atoms with E-state index in [9.17, 15) is 9.90 Å². The van der Waals surface area contributed by atoms with E-state index in [2.05, 4.69) is 11.8 Å². The van der Waals surface area contributed by atoms with Crippen molar-refractivity contribution in [3.05, 3.63) is 0 Å². The van der Waals surface area contributed by atoms with E-state index >= 15 is 0 Å². The Balaban J connectivity index is 1.70. The quantitative estimate of drug-likeness (QED) is 0.849. The maximum absolute atomic E-state index is 11.6. The van der Waals surface area contributed by atoms with Crippen LogP contribution in [0.2, 0.25) is 0 Å². The molecule has 0 aliphatic carbocycles.